The highest BCUT2D eigenvalue weighted by atomic mass is 35.5. The number of carbonyl (C=O) groups excluding carboxylic acids is 1. The molecule has 6 nitrogen and oxygen atoms in total. The summed E-state index contributed by atoms with van der Waals surface area (Å²) in [7, 11) is 0. The molecule has 0 aromatic heterocycles. The Morgan fingerprint density at radius 2 is 1.92 bits per heavy atom. The third-order valence-corrected chi connectivity index (χ3v) is 3.52. The van der Waals surface area contributed by atoms with Crippen LogP contribution in [0, 0.1) is 0 Å². The summed E-state index contributed by atoms with van der Waals surface area (Å²) in [6, 6.07) is 7.07. The fraction of sp³-hybridized carbons (Fsp3) is 0.556. The van der Waals surface area contributed by atoms with Crippen molar-refractivity contribution in [2.24, 2.45) is 4.99 Å². The van der Waals surface area contributed by atoms with Gasteiger partial charge in [0.25, 0.3) is 0 Å². The minimum Gasteiger partial charge on any atom is -0.382 e. The molecule has 0 aliphatic heterocycles. The molecule has 0 radical (unpaired) electrons. The number of guanidine groups is 1. The van der Waals surface area contributed by atoms with Crippen molar-refractivity contribution in [2.75, 3.05) is 38.2 Å². The van der Waals surface area contributed by atoms with Gasteiger partial charge in [-0.05, 0) is 51.0 Å². The Balaban J connectivity index is 2.24. The lowest BCUT2D eigenvalue weighted by atomic mass is 10.2. The van der Waals surface area contributed by atoms with E-state index in [9.17, 15) is 4.79 Å². The first-order valence-electron chi connectivity index (χ1n) is 8.81. The number of benzene rings is 1. The van der Waals surface area contributed by atoms with Gasteiger partial charge in [0.05, 0.1) is 0 Å². The van der Waals surface area contributed by atoms with Crippen molar-refractivity contribution in [1.82, 2.24) is 10.6 Å². The van der Waals surface area contributed by atoms with Gasteiger partial charge in [0.15, 0.2) is 5.96 Å². The van der Waals surface area contributed by atoms with Gasteiger partial charge in [0.1, 0.15) is 0 Å². The fourth-order valence-corrected chi connectivity index (χ4v) is 2.18. The number of nitrogens with one attached hydrogen (secondary N) is 3. The van der Waals surface area contributed by atoms with E-state index in [1.165, 1.54) is 0 Å². The average Bonchev–Trinajstić information content (AvgIpc) is 2.60. The second-order valence-corrected chi connectivity index (χ2v) is 5.83. The van der Waals surface area contributed by atoms with Gasteiger partial charge >= 0.3 is 0 Å². The van der Waals surface area contributed by atoms with Crippen LogP contribution < -0.4 is 16.0 Å². The van der Waals surface area contributed by atoms with Crippen molar-refractivity contribution in [3.63, 3.8) is 0 Å². The monoisotopic (exact) mass is 368 g/mol. The van der Waals surface area contributed by atoms with Crippen LogP contribution in [0.15, 0.2) is 29.3 Å². The molecule has 0 atom stereocenters. The van der Waals surface area contributed by atoms with Gasteiger partial charge in [-0.2, -0.15) is 0 Å². The van der Waals surface area contributed by atoms with E-state index in [2.05, 4.69) is 20.9 Å². The largest absolute Gasteiger partial charge is 0.382 e. The van der Waals surface area contributed by atoms with Crippen molar-refractivity contribution >= 4 is 29.2 Å². The van der Waals surface area contributed by atoms with E-state index in [-0.39, 0.29) is 5.91 Å². The van der Waals surface area contributed by atoms with Crippen LogP contribution in [0.1, 0.15) is 33.1 Å². The summed E-state index contributed by atoms with van der Waals surface area (Å²) in [6.07, 6.45) is 2.05. The summed E-state index contributed by atoms with van der Waals surface area (Å²) >= 11 is 5.82. The molecule has 1 aromatic carbocycles. The maximum Gasteiger partial charge on any atom is 0.224 e. The number of halogens is 1. The fourth-order valence-electron chi connectivity index (χ4n) is 2.05. The number of carbonyl (C=O) groups is 1. The lowest BCUT2D eigenvalue weighted by Gasteiger charge is -2.11. The molecule has 0 saturated heterocycles. The van der Waals surface area contributed by atoms with Gasteiger partial charge in [0.2, 0.25) is 5.91 Å². The molecular weight excluding hydrogens is 340 g/mol. The summed E-state index contributed by atoms with van der Waals surface area (Å²) in [4.78, 5) is 16.4. The highest BCUT2D eigenvalue weighted by Gasteiger charge is 2.02. The van der Waals surface area contributed by atoms with Crippen LogP contribution in [0.25, 0.3) is 0 Å². The SMILES string of the molecule is CCNC(=NCCCC(=O)Nc1ccc(Cl)cc1)NCCCOCC. The third kappa shape index (κ3) is 10.6. The van der Waals surface area contributed by atoms with E-state index >= 15 is 0 Å². The summed E-state index contributed by atoms with van der Waals surface area (Å²) in [5.74, 6) is 0.754. The number of hydrogen-bond donors (Lipinski definition) is 3. The molecule has 0 aliphatic rings. The summed E-state index contributed by atoms with van der Waals surface area (Å²) in [6.45, 7) is 7.70. The van der Waals surface area contributed by atoms with Gasteiger partial charge < -0.3 is 20.7 Å². The van der Waals surface area contributed by atoms with Gasteiger partial charge in [-0.15, -0.1) is 0 Å². The van der Waals surface area contributed by atoms with E-state index in [1.54, 1.807) is 24.3 Å². The Morgan fingerprint density at radius 3 is 2.60 bits per heavy atom. The number of rotatable bonds is 11. The van der Waals surface area contributed by atoms with E-state index in [1.807, 2.05) is 13.8 Å². The molecule has 25 heavy (non-hydrogen) atoms. The second-order valence-electron chi connectivity index (χ2n) is 5.40. The molecule has 0 fully saturated rings. The lowest BCUT2D eigenvalue weighted by Crippen LogP contribution is -2.38. The molecule has 0 saturated carbocycles. The van der Waals surface area contributed by atoms with E-state index < -0.39 is 0 Å². The van der Waals surface area contributed by atoms with Crippen molar-refractivity contribution in [3.8, 4) is 0 Å². The number of hydrogen-bond acceptors (Lipinski definition) is 3. The number of ether oxygens (including phenoxy) is 1. The number of nitrogens with zero attached hydrogens (tertiary/aromatic N) is 1. The highest BCUT2D eigenvalue weighted by Crippen LogP contribution is 2.13. The lowest BCUT2D eigenvalue weighted by molar-refractivity contribution is -0.116. The Kier molecular flexibility index (Phi) is 11.5. The zero-order valence-electron chi connectivity index (χ0n) is 15.1. The quantitative estimate of drug-likeness (QED) is 0.319. The van der Waals surface area contributed by atoms with E-state index in [0.717, 1.165) is 44.4 Å². The molecule has 140 valence electrons. The van der Waals surface area contributed by atoms with Crippen LogP contribution in [-0.2, 0) is 9.53 Å². The molecule has 0 spiro atoms. The first kappa shape index (κ1) is 21.3. The maximum atomic E-state index is 11.9. The van der Waals surface area contributed by atoms with E-state index in [0.29, 0.717) is 24.4 Å². The molecule has 0 unspecified atom stereocenters. The molecule has 1 aromatic rings. The normalized spacial score (nSPS) is 11.2. The van der Waals surface area contributed by atoms with Gasteiger partial charge in [-0.1, -0.05) is 11.6 Å². The Labute approximate surface area is 155 Å². The molecule has 1 amide bonds. The Hall–Kier alpha value is -1.79. The average molecular weight is 369 g/mol. The molecule has 1 rings (SSSR count). The third-order valence-electron chi connectivity index (χ3n) is 3.27. The van der Waals surface area contributed by atoms with Crippen molar-refractivity contribution in [3.05, 3.63) is 29.3 Å². The maximum absolute atomic E-state index is 11.9. The van der Waals surface area contributed by atoms with Crippen LogP contribution >= 0.6 is 11.6 Å². The molecule has 0 bridgehead atoms. The first-order chi connectivity index (χ1) is 12.2. The smallest absolute Gasteiger partial charge is 0.224 e. The Bertz CT molecular complexity index is 520. The first-order valence-corrected chi connectivity index (χ1v) is 9.18. The van der Waals surface area contributed by atoms with Crippen molar-refractivity contribution < 1.29 is 9.53 Å². The van der Waals surface area contributed by atoms with E-state index in [4.69, 9.17) is 16.3 Å². The van der Waals surface area contributed by atoms with Crippen molar-refractivity contribution in [2.45, 2.75) is 33.1 Å². The Morgan fingerprint density at radius 1 is 1.16 bits per heavy atom. The summed E-state index contributed by atoms with van der Waals surface area (Å²) in [5.41, 5.74) is 0.752. The van der Waals surface area contributed by atoms with Crippen molar-refractivity contribution in [1.29, 1.82) is 0 Å². The van der Waals surface area contributed by atoms with Crippen LogP contribution in [0.2, 0.25) is 5.02 Å². The molecule has 0 heterocycles. The number of anilines is 1. The standard InChI is InChI=1S/C18H29ClN4O2/c1-3-20-18(22-13-6-14-25-4-2)21-12-5-7-17(24)23-16-10-8-15(19)9-11-16/h8-11H,3-7,12-14H2,1-2H3,(H,23,24)(H2,20,21,22). The van der Waals surface area contributed by atoms with Gasteiger partial charge in [-0.25, -0.2) is 0 Å². The highest BCUT2D eigenvalue weighted by molar-refractivity contribution is 6.30. The van der Waals surface area contributed by atoms with Gasteiger partial charge in [0, 0.05) is 50.0 Å². The second kappa shape index (κ2) is 13.5. The molecule has 0 aliphatic carbocycles. The zero-order valence-corrected chi connectivity index (χ0v) is 15.9. The molecule has 3 N–H and O–H groups in total. The topological polar surface area (TPSA) is 74.8 Å². The van der Waals surface area contributed by atoms with Gasteiger partial charge in [-0.3, -0.25) is 9.79 Å². The summed E-state index contributed by atoms with van der Waals surface area (Å²) in [5, 5.41) is 9.95. The minimum absolute atomic E-state index is 0.0211. The van der Waals surface area contributed by atoms with Crippen LogP contribution in [0.5, 0.6) is 0 Å². The molecular formula is C18H29ClN4O2. The predicted octanol–water partition coefficient (Wildman–Crippen LogP) is 3.04. The van der Waals surface area contributed by atoms with Crippen LogP contribution in [0.4, 0.5) is 5.69 Å². The minimum atomic E-state index is -0.0211. The molecule has 7 heteroatoms. The number of amides is 1. The zero-order chi connectivity index (χ0) is 18.3. The summed E-state index contributed by atoms with van der Waals surface area (Å²) < 4.78 is 5.30. The predicted molar refractivity (Wildman–Crippen MR) is 104 cm³/mol. The van der Waals surface area contributed by atoms with Crippen LogP contribution in [0.3, 0.4) is 0 Å². The number of aliphatic imine (C=N–C) groups is 1. The van der Waals surface area contributed by atoms with Crippen LogP contribution in [-0.4, -0.2) is 44.7 Å².